The van der Waals surface area contributed by atoms with Crippen LogP contribution in [0.25, 0.3) is 0 Å². The van der Waals surface area contributed by atoms with Crippen LogP contribution in [0.15, 0.2) is 5.16 Å². The molecule has 0 aromatic heterocycles. The number of hydrogen-bond donors (Lipinski definition) is 1. The van der Waals surface area contributed by atoms with Crippen molar-refractivity contribution in [2.45, 2.75) is 6.92 Å². The molecule has 0 bridgehead atoms. The van der Waals surface area contributed by atoms with Crippen molar-refractivity contribution < 1.29 is 19.5 Å². The third-order valence-corrected chi connectivity index (χ3v) is 0.619. The molecular weight excluding hydrogens is 138 g/mol. The van der Waals surface area contributed by atoms with E-state index < -0.39 is 11.8 Å². The summed E-state index contributed by atoms with van der Waals surface area (Å²) in [7, 11) is 0. The average Bonchev–Trinajstić information content (AvgIpc) is 1.85. The Bertz CT molecular complexity index is 163. The standard InChI is InChI=1S/C5H7NO4/c1-4(7)10-3-5(8)2-6-9/h2,9H,3H2,1H3. The molecule has 0 radical (unpaired) electrons. The number of ketones is 1. The van der Waals surface area contributed by atoms with E-state index in [-0.39, 0.29) is 6.61 Å². The molecule has 0 aromatic rings. The Labute approximate surface area is 57.3 Å². The lowest BCUT2D eigenvalue weighted by atomic mass is 10.5. The molecule has 0 amide bonds. The Hall–Kier alpha value is -1.39. The summed E-state index contributed by atoms with van der Waals surface area (Å²) >= 11 is 0. The summed E-state index contributed by atoms with van der Waals surface area (Å²) in [5, 5.41) is 10.3. The van der Waals surface area contributed by atoms with E-state index in [1.807, 2.05) is 0 Å². The first-order chi connectivity index (χ1) is 4.66. The number of rotatable bonds is 3. The number of carbonyl (C=O) groups is 2. The molecule has 0 atom stereocenters. The maximum absolute atomic E-state index is 10.4. The molecule has 0 aliphatic carbocycles. The van der Waals surface area contributed by atoms with Gasteiger partial charge in [-0.1, -0.05) is 5.16 Å². The largest absolute Gasteiger partial charge is 0.457 e. The van der Waals surface area contributed by atoms with Crippen molar-refractivity contribution in [1.82, 2.24) is 0 Å². The van der Waals surface area contributed by atoms with E-state index in [2.05, 4.69) is 9.89 Å². The minimum Gasteiger partial charge on any atom is -0.457 e. The number of oxime groups is 1. The summed E-state index contributed by atoms with van der Waals surface area (Å²) < 4.78 is 4.27. The Kier molecular flexibility index (Phi) is 3.86. The Balaban J connectivity index is 3.50. The summed E-state index contributed by atoms with van der Waals surface area (Å²) in [5.74, 6) is -1.10. The summed E-state index contributed by atoms with van der Waals surface area (Å²) in [6.07, 6.45) is 0.670. The summed E-state index contributed by atoms with van der Waals surface area (Å²) in [6.45, 7) is 0.808. The van der Waals surface area contributed by atoms with Gasteiger partial charge in [-0.2, -0.15) is 0 Å². The van der Waals surface area contributed by atoms with Gasteiger partial charge in [-0.15, -0.1) is 0 Å². The summed E-state index contributed by atoms with van der Waals surface area (Å²) in [4.78, 5) is 20.4. The number of esters is 1. The van der Waals surface area contributed by atoms with Gasteiger partial charge < -0.3 is 9.94 Å². The fourth-order valence-electron chi connectivity index (χ4n) is 0.274. The van der Waals surface area contributed by atoms with Gasteiger partial charge in [0.15, 0.2) is 6.61 Å². The molecule has 0 saturated heterocycles. The molecule has 56 valence electrons. The molecule has 0 aliphatic heterocycles. The summed E-state index contributed by atoms with van der Waals surface area (Å²) in [6, 6.07) is 0. The van der Waals surface area contributed by atoms with E-state index in [0.29, 0.717) is 6.21 Å². The van der Waals surface area contributed by atoms with Gasteiger partial charge in [0.25, 0.3) is 0 Å². The number of ether oxygens (including phenoxy) is 1. The van der Waals surface area contributed by atoms with E-state index in [0.717, 1.165) is 0 Å². The SMILES string of the molecule is CC(=O)OCC(=O)C=NO. The van der Waals surface area contributed by atoms with E-state index in [4.69, 9.17) is 5.21 Å². The maximum atomic E-state index is 10.4. The smallest absolute Gasteiger partial charge is 0.303 e. The fraction of sp³-hybridized carbons (Fsp3) is 0.400. The summed E-state index contributed by atoms with van der Waals surface area (Å²) in [5.41, 5.74) is 0. The van der Waals surface area contributed by atoms with Gasteiger partial charge in [0.1, 0.15) is 6.21 Å². The van der Waals surface area contributed by atoms with Gasteiger partial charge in [0, 0.05) is 6.92 Å². The molecule has 0 heterocycles. The lowest BCUT2D eigenvalue weighted by Crippen LogP contribution is -2.12. The van der Waals surface area contributed by atoms with Crippen molar-refractivity contribution in [3.8, 4) is 0 Å². The van der Waals surface area contributed by atoms with Gasteiger partial charge in [0.2, 0.25) is 5.78 Å². The predicted octanol–water partition coefficient (Wildman–Crippen LogP) is -0.421. The maximum Gasteiger partial charge on any atom is 0.303 e. The quantitative estimate of drug-likeness (QED) is 0.253. The zero-order chi connectivity index (χ0) is 7.98. The number of Topliss-reactive ketones (excluding diaryl/α,β-unsaturated/α-hetero) is 1. The van der Waals surface area contributed by atoms with Crippen LogP contribution in [-0.4, -0.2) is 29.8 Å². The highest BCUT2D eigenvalue weighted by atomic mass is 16.5. The highest BCUT2D eigenvalue weighted by Gasteiger charge is 1.99. The fourth-order valence-corrected chi connectivity index (χ4v) is 0.274. The molecule has 0 aromatic carbocycles. The first kappa shape index (κ1) is 8.61. The van der Waals surface area contributed by atoms with Crippen LogP contribution >= 0.6 is 0 Å². The minimum atomic E-state index is -0.558. The molecule has 10 heavy (non-hydrogen) atoms. The second kappa shape index (κ2) is 4.49. The Morgan fingerprint density at radius 3 is 2.70 bits per heavy atom. The Morgan fingerprint density at radius 1 is 1.70 bits per heavy atom. The highest BCUT2D eigenvalue weighted by molar-refractivity contribution is 6.28. The number of carbonyl (C=O) groups excluding carboxylic acids is 2. The minimum absolute atomic E-state index is 0.376. The van der Waals surface area contributed by atoms with Gasteiger partial charge in [-0.3, -0.25) is 9.59 Å². The predicted molar refractivity (Wildman–Crippen MR) is 31.9 cm³/mol. The van der Waals surface area contributed by atoms with Crippen molar-refractivity contribution >= 4 is 18.0 Å². The van der Waals surface area contributed by atoms with Gasteiger partial charge in [-0.25, -0.2) is 0 Å². The second-order valence-corrected chi connectivity index (χ2v) is 1.49. The van der Waals surface area contributed by atoms with Crippen LogP contribution in [0.5, 0.6) is 0 Å². The van der Waals surface area contributed by atoms with Crippen LogP contribution in [0.1, 0.15) is 6.92 Å². The molecule has 5 nitrogen and oxygen atoms in total. The second-order valence-electron chi connectivity index (χ2n) is 1.49. The highest BCUT2D eigenvalue weighted by Crippen LogP contribution is 1.75. The normalized spacial score (nSPS) is 9.70. The van der Waals surface area contributed by atoms with Crippen LogP contribution in [0.2, 0.25) is 0 Å². The van der Waals surface area contributed by atoms with Crippen molar-refractivity contribution in [2.24, 2.45) is 5.16 Å². The van der Waals surface area contributed by atoms with E-state index in [9.17, 15) is 9.59 Å². The third-order valence-electron chi connectivity index (χ3n) is 0.619. The molecule has 5 heteroatoms. The van der Waals surface area contributed by atoms with E-state index in [1.165, 1.54) is 6.92 Å². The van der Waals surface area contributed by atoms with E-state index in [1.54, 1.807) is 0 Å². The zero-order valence-corrected chi connectivity index (χ0v) is 5.40. The molecular formula is C5H7NO4. The first-order valence-electron chi connectivity index (χ1n) is 2.50. The van der Waals surface area contributed by atoms with Crippen molar-refractivity contribution in [3.63, 3.8) is 0 Å². The molecule has 0 saturated carbocycles. The number of hydrogen-bond acceptors (Lipinski definition) is 5. The molecule has 0 fully saturated rings. The van der Waals surface area contributed by atoms with Crippen molar-refractivity contribution in [1.29, 1.82) is 0 Å². The average molecular weight is 145 g/mol. The third kappa shape index (κ3) is 4.76. The molecule has 0 unspecified atom stereocenters. The zero-order valence-electron chi connectivity index (χ0n) is 5.40. The Morgan fingerprint density at radius 2 is 2.30 bits per heavy atom. The first-order valence-corrected chi connectivity index (χ1v) is 2.50. The van der Waals surface area contributed by atoms with Gasteiger partial charge in [-0.05, 0) is 0 Å². The molecule has 0 spiro atoms. The van der Waals surface area contributed by atoms with Gasteiger partial charge >= 0.3 is 5.97 Å². The van der Waals surface area contributed by atoms with Crippen LogP contribution in [-0.2, 0) is 14.3 Å². The van der Waals surface area contributed by atoms with Crippen LogP contribution in [0.4, 0.5) is 0 Å². The lowest BCUT2D eigenvalue weighted by molar-refractivity contribution is -0.144. The van der Waals surface area contributed by atoms with Gasteiger partial charge in [0.05, 0.1) is 0 Å². The van der Waals surface area contributed by atoms with E-state index >= 15 is 0 Å². The molecule has 1 N–H and O–H groups in total. The van der Waals surface area contributed by atoms with Crippen LogP contribution in [0.3, 0.4) is 0 Å². The van der Waals surface area contributed by atoms with Crippen molar-refractivity contribution in [2.75, 3.05) is 6.61 Å². The molecule has 0 aliphatic rings. The van der Waals surface area contributed by atoms with Crippen LogP contribution in [0, 0.1) is 0 Å². The number of nitrogens with zero attached hydrogens (tertiary/aromatic N) is 1. The molecule has 0 rings (SSSR count). The monoisotopic (exact) mass is 145 g/mol. The topological polar surface area (TPSA) is 76.0 Å². The van der Waals surface area contributed by atoms with Crippen molar-refractivity contribution in [3.05, 3.63) is 0 Å². The van der Waals surface area contributed by atoms with Crippen LogP contribution < -0.4 is 0 Å². The lowest BCUT2D eigenvalue weighted by Gasteiger charge is -1.94.